The molecule has 0 heterocycles. The lowest BCUT2D eigenvalue weighted by Gasteiger charge is -2.16. The minimum atomic E-state index is -0.691. The standard InChI is InChI=1S/C14H10BrCl2FO/c1-19-12-6-5-8(16)7-9(12)14(17)13-10(15)3-2-4-11(13)18/h2-7,14H,1H3. The van der Waals surface area contributed by atoms with E-state index in [1.165, 1.54) is 13.2 Å². The van der Waals surface area contributed by atoms with Crippen molar-refractivity contribution in [3.8, 4) is 5.75 Å². The normalized spacial score (nSPS) is 12.3. The van der Waals surface area contributed by atoms with Crippen LogP contribution in [0.3, 0.4) is 0 Å². The van der Waals surface area contributed by atoms with Gasteiger partial charge in [0.05, 0.1) is 12.5 Å². The van der Waals surface area contributed by atoms with Gasteiger partial charge in [-0.1, -0.05) is 33.6 Å². The van der Waals surface area contributed by atoms with Gasteiger partial charge in [-0.25, -0.2) is 4.39 Å². The van der Waals surface area contributed by atoms with Gasteiger partial charge in [0.15, 0.2) is 0 Å². The third-order valence-electron chi connectivity index (χ3n) is 2.72. The van der Waals surface area contributed by atoms with Crippen LogP contribution in [-0.2, 0) is 0 Å². The number of benzene rings is 2. The molecule has 19 heavy (non-hydrogen) atoms. The Morgan fingerprint density at radius 1 is 1.26 bits per heavy atom. The molecule has 0 amide bonds. The van der Waals surface area contributed by atoms with Crippen molar-refractivity contribution in [3.05, 3.63) is 62.8 Å². The third kappa shape index (κ3) is 3.04. The van der Waals surface area contributed by atoms with Crippen molar-refractivity contribution in [3.63, 3.8) is 0 Å². The molecule has 0 aliphatic heterocycles. The fourth-order valence-corrected chi connectivity index (χ4v) is 3.09. The Morgan fingerprint density at radius 3 is 2.63 bits per heavy atom. The molecule has 0 aromatic heterocycles. The van der Waals surface area contributed by atoms with Crippen molar-refractivity contribution in [2.24, 2.45) is 0 Å². The Hall–Kier alpha value is -0.770. The lowest BCUT2D eigenvalue weighted by atomic mass is 10.0. The van der Waals surface area contributed by atoms with Gasteiger partial charge in [-0.3, -0.25) is 0 Å². The van der Waals surface area contributed by atoms with E-state index in [4.69, 9.17) is 27.9 Å². The number of methoxy groups -OCH3 is 1. The van der Waals surface area contributed by atoms with Gasteiger partial charge in [0.2, 0.25) is 0 Å². The van der Waals surface area contributed by atoms with Crippen LogP contribution in [0.1, 0.15) is 16.5 Å². The van der Waals surface area contributed by atoms with E-state index in [1.807, 2.05) is 0 Å². The van der Waals surface area contributed by atoms with E-state index >= 15 is 0 Å². The van der Waals surface area contributed by atoms with Gasteiger partial charge in [-0.05, 0) is 30.3 Å². The highest BCUT2D eigenvalue weighted by atomic mass is 79.9. The van der Waals surface area contributed by atoms with E-state index < -0.39 is 5.38 Å². The molecule has 0 aliphatic rings. The van der Waals surface area contributed by atoms with Gasteiger partial charge in [0.1, 0.15) is 11.6 Å². The molecular formula is C14H10BrCl2FO. The van der Waals surface area contributed by atoms with Crippen LogP contribution in [0.4, 0.5) is 4.39 Å². The largest absolute Gasteiger partial charge is 0.496 e. The Balaban J connectivity index is 2.55. The van der Waals surface area contributed by atoms with Crippen LogP contribution in [0.2, 0.25) is 5.02 Å². The van der Waals surface area contributed by atoms with Crippen molar-refractivity contribution >= 4 is 39.1 Å². The molecule has 1 atom stereocenters. The first kappa shape index (κ1) is 14.6. The predicted octanol–water partition coefficient (Wildman–Crippen LogP) is 5.58. The quantitative estimate of drug-likeness (QED) is 0.647. The summed E-state index contributed by atoms with van der Waals surface area (Å²) in [5.41, 5.74) is 0.993. The molecule has 0 spiro atoms. The van der Waals surface area contributed by atoms with Crippen LogP contribution in [-0.4, -0.2) is 7.11 Å². The average Bonchev–Trinajstić information content (AvgIpc) is 2.38. The molecule has 0 saturated heterocycles. The molecule has 100 valence electrons. The summed E-state index contributed by atoms with van der Waals surface area (Å²) in [6.07, 6.45) is 0. The van der Waals surface area contributed by atoms with Crippen molar-refractivity contribution in [2.75, 3.05) is 7.11 Å². The summed E-state index contributed by atoms with van der Waals surface area (Å²) in [5, 5.41) is -0.168. The molecule has 0 fully saturated rings. The van der Waals surface area contributed by atoms with Crippen LogP contribution in [0.5, 0.6) is 5.75 Å². The van der Waals surface area contributed by atoms with Crippen molar-refractivity contribution < 1.29 is 9.13 Å². The van der Waals surface area contributed by atoms with E-state index in [0.29, 0.717) is 26.4 Å². The highest BCUT2D eigenvalue weighted by molar-refractivity contribution is 9.10. The van der Waals surface area contributed by atoms with Gasteiger partial charge in [0.25, 0.3) is 0 Å². The molecule has 5 heteroatoms. The molecule has 0 N–H and O–H groups in total. The maximum atomic E-state index is 13.9. The molecule has 0 bridgehead atoms. The van der Waals surface area contributed by atoms with E-state index in [-0.39, 0.29) is 5.82 Å². The minimum Gasteiger partial charge on any atom is -0.496 e. The molecule has 1 nitrogen and oxygen atoms in total. The van der Waals surface area contributed by atoms with Crippen molar-refractivity contribution in [1.82, 2.24) is 0 Å². The molecule has 0 saturated carbocycles. The maximum absolute atomic E-state index is 13.9. The second-order valence-electron chi connectivity index (χ2n) is 3.88. The molecule has 0 aliphatic carbocycles. The SMILES string of the molecule is COc1ccc(Cl)cc1C(Cl)c1c(F)cccc1Br. The number of rotatable bonds is 3. The molecule has 2 rings (SSSR count). The van der Waals surface area contributed by atoms with Crippen molar-refractivity contribution in [1.29, 1.82) is 0 Å². The summed E-state index contributed by atoms with van der Waals surface area (Å²) in [6.45, 7) is 0. The molecule has 2 aromatic carbocycles. The lowest BCUT2D eigenvalue weighted by molar-refractivity contribution is 0.410. The van der Waals surface area contributed by atoms with Crippen LogP contribution in [0.25, 0.3) is 0 Å². The summed E-state index contributed by atoms with van der Waals surface area (Å²) in [6, 6.07) is 9.81. The Bertz CT molecular complexity index is 584. The second kappa shape index (κ2) is 6.12. The molecule has 1 unspecified atom stereocenters. The second-order valence-corrected chi connectivity index (χ2v) is 5.61. The first-order valence-corrected chi connectivity index (χ1v) is 7.06. The number of hydrogen-bond donors (Lipinski definition) is 0. The predicted molar refractivity (Wildman–Crippen MR) is 79.8 cm³/mol. The molecule has 2 aromatic rings. The minimum absolute atomic E-state index is 0.365. The average molecular weight is 364 g/mol. The summed E-state index contributed by atoms with van der Waals surface area (Å²) in [7, 11) is 1.53. The van der Waals surface area contributed by atoms with Crippen molar-refractivity contribution in [2.45, 2.75) is 5.38 Å². The van der Waals surface area contributed by atoms with Crippen LogP contribution >= 0.6 is 39.1 Å². The number of hydrogen-bond acceptors (Lipinski definition) is 1. The van der Waals surface area contributed by atoms with Gasteiger partial charge in [-0.2, -0.15) is 0 Å². The smallest absolute Gasteiger partial charge is 0.129 e. The third-order valence-corrected chi connectivity index (χ3v) is 4.10. The van der Waals surface area contributed by atoms with E-state index in [9.17, 15) is 4.39 Å². The monoisotopic (exact) mass is 362 g/mol. The maximum Gasteiger partial charge on any atom is 0.129 e. The zero-order valence-electron chi connectivity index (χ0n) is 9.96. The van der Waals surface area contributed by atoms with E-state index in [1.54, 1.807) is 30.3 Å². The van der Waals surface area contributed by atoms with Gasteiger partial charge in [0, 0.05) is 20.6 Å². The Labute approximate surface area is 129 Å². The van der Waals surface area contributed by atoms with E-state index in [2.05, 4.69) is 15.9 Å². The lowest BCUT2D eigenvalue weighted by Crippen LogP contribution is -2.01. The highest BCUT2D eigenvalue weighted by Crippen LogP contribution is 2.40. The summed E-state index contributed by atoms with van der Waals surface area (Å²) in [4.78, 5) is 0. The van der Waals surface area contributed by atoms with E-state index in [0.717, 1.165) is 0 Å². The van der Waals surface area contributed by atoms with Gasteiger partial charge < -0.3 is 4.74 Å². The van der Waals surface area contributed by atoms with Crippen LogP contribution in [0, 0.1) is 5.82 Å². The van der Waals surface area contributed by atoms with Crippen LogP contribution in [0.15, 0.2) is 40.9 Å². The first-order valence-electron chi connectivity index (χ1n) is 5.46. The number of halogens is 4. The Kier molecular flexibility index (Phi) is 4.71. The zero-order chi connectivity index (χ0) is 14.0. The number of alkyl halides is 1. The highest BCUT2D eigenvalue weighted by Gasteiger charge is 2.21. The molecular weight excluding hydrogens is 354 g/mol. The fourth-order valence-electron chi connectivity index (χ4n) is 1.81. The fraction of sp³-hybridized carbons (Fsp3) is 0.143. The van der Waals surface area contributed by atoms with Gasteiger partial charge in [-0.15, -0.1) is 11.6 Å². The summed E-state index contributed by atoms with van der Waals surface area (Å²) in [5.74, 6) is 0.191. The zero-order valence-corrected chi connectivity index (χ0v) is 13.1. The first-order chi connectivity index (χ1) is 9.04. The number of ether oxygens (including phenoxy) is 1. The Morgan fingerprint density at radius 2 is 2.00 bits per heavy atom. The summed E-state index contributed by atoms with van der Waals surface area (Å²) >= 11 is 15.7. The summed E-state index contributed by atoms with van der Waals surface area (Å²) < 4.78 is 19.8. The van der Waals surface area contributed by atoms with Crippen LogP contribution < -0.4 is 4.74 Å². The van der Waals surface area contributed by atoms with Gasteiger partial charge >= 0.3 is 0 Å². The molecule has 0 radical (unpaired) electrons. The topological polar surface area (TPSA) is 9.23 Å².